The summed E-state index contributed by atoms with van der Waals surface area (Å²) >= 11 is 0. The van der Waals surface area contributed by atoms with Crippen LogP contribution in [0.2, 0.25) is 0 Å². The minimum Gasteiger partial charge on any atom is -0.381 e. The van der Waals surface area contributed by atoms with Crippen LogP contribution in [0.25, 0.3) is 0 Å². The van der Waals surface area contributed by atoms with Crippen LogP contribution in [0.15, 0.2) is 42.5 Å². The molecule has 0 spiro atoms. The summed E-state index contributed by atoms with van der Waals surface area (Å²) in [5.41, 5.74) is 2.98. The van der Waals surface area contributed by atoms with Crippen LogP contribution in [0.3, 0.4) is 0 Å². The van der Waals surface area contributed by atoms with Crippen LogP contribution < -0.4 is 16.2 Å². The van der Waals surface area contributed by atoms with Gasteiger partial charge in [0, 0.05) is 23.4 Å². The molecule has 0 atom stereocenters. The maximum atomic E-state index is 14.0. The van der Waals surface area contributed by atoms with E-state index in [2.05, 4.69) is 5.32 Å². The molecule has 0 saturated heterocycles. The summed E-state index contributed by atoms with van der Waals surface area (Å²) in [6, 6.07) is 8.71. The Morgan fingerprint density at radius 2 is 1.69 bits per heavy atom. The maximum absolute atomic E-state index is 14.0. The fourth-order valence-corrected chi connectivity index (χ4v) is 1.88. The molecule has 3 N–H and O–H groups in total. The maximum Gasteiger partial charge on any atom is 0.472 e. The third-order valence-corrected chi connectivity index (χ3v) is 3.17. The normalized spacial score (nSPS) is 11.0. The van der Waals surface area contributed by atoms with Crippen molar-refractivity contribution >= 4 is 17.5 Å². The molecule has 10 heteroatoms. The highest BCUT2D eigenvalue weighted by Gasteiger charge is 2.39. The lowest BCUT2D eigenvalue weighted by Crippen LogP contribution is -2.47. The molecule has 26 heavy (non-hydrogen) atoms. The third kappa shape index (κ3) is 5.16. The highest BCUT2D eigenvalue weighted by molar-refractivity contribution is 5.95. The molecule has 0 unspecified atom stereocenters. The van der Waals surface area contributed by atoms with Gasteiger partial charge >= 0.3 is 12.1 Å². The number of hydrogen-bond donors (Lipinski definition) is 3. The Morgan fingerprint density at radius 3 is 2.31 bits per heavy atom. The van der Waals surface area contributed by atoms with Crippen molar-refractivity contribution in [3.8, 4) is 0 Å². The first kappa shape index (κ1) is 19.2. The van der Waals surface area contributed by atoms with Crippen molar-refractivity contribution in [2.75, 3.05) is 5.32 Å². The summed E-state index contributed by atoms with van der Waals surface area (Å²) in [5, 5.41) is 2.79. The summed E-state index contributed by atoms with van der Waals surface area (Å²) in [6.45, 7) is -0.0119. The van der Waals surface area contributed by atoms with E-state index < -0.39 is 29.6 Å². The molecule has 0 fully saturated rings. The molecule has 5 nitrogen and oxygen atoms in total. The lowest BCUT2D eigenvalue weighted by Gasteiger charge is -2.11. The topological polar surface area (TPSA) is 70.2 Å². The first-order chi connectivity index (χ1) is 12.2. The molecule has 0 bridgehead atoms. The van der Waals surface area contributed by atoms with Crippen molar-refractivity contribution in [3.63, 3.8) is 0 Å². The van der Waals surface area contributed by atoms with Gasteiger partial charge < -0.3 is 5.32 Å². The Hall–Kier alpha value is -3.17. The van der Waals surface area contributed by atoms with E-state index in [4.69, 9.17) is 0 Å². The highest BCUT2D eigenvalue weighted by atomic mass is 19.4. The second-order valence-corrected chi connectivity index (χ2v) is 5.08. The van der Waals surface area contributed by atoms with Gasteiger partial charge in [0.1, 0.15) is 11.6 Å². The number of anilines is 1. The van der Waals surface area contributed by atoms with Crippen molar-refractivity contribution in [2.24, 2.45) is 0 Å². The summed E-state index contributed by atoms with van der Waals surface area (Å²) in [5.74, 6) is -4.75. The second-order valence-electron chi connectivity index (χ2n) is 5.08. The van der Waals surface area contributed by atoms with Crippen molar-refractivity contribution < 1.29 is 31.5 Å². The summed E-state index contributed by atoms with van der Waals surface area (Å²) in [4.78, 5) is 22.2. The fourth-order valence-electron chi connectivity index (χ4n) is 1.88. The quantitative estimate of drug-likeness (QED) is 0.570. The first-order valence-electron chi connectivity index (χ1n) is 7.12. The molecule has 2 aromatic rings. The van der Waals surface area contributed by atoms with E-state index in [1.54, 1.807) is 6.07 Å². The van der Waals surface area contributed by atoms with Gasteiger partial charge in [-0.15, -0.1) is 0 Å². The molecular weight excluding hydrogens is 361 g/mol. The van der Waals surface area contributed by atoms with E-state index in [9.17, 15) is 31.5 Å². The van der Waals surface area contributed by atoms with Crippen LogP contribution >= 0.6 is 0 Å². The molecule has 2 aromatic carbocycles. The molecule has 2 rings (SSSR count). The van der Waals surface area contributed by atoms with Gasteiger partial charge in [0.25, 0.3) is 5.91 Å². The van der Waals surface area contributed by atoms with E-state index in [0.717, 1.165) is 6.07 Å². The molecule has 0 radical (unpaired) electrons. The Balaban J connectivity index is 1.98. The smallest absolute Gasteiger partial charge is 0.381 e. The van der Waals surface area contributed by atoms with E-state index >= 15 is 0 Å². The zero-order valence-corrected chi connectivity index (χ0v) is 13.0. The lowest BCUT2D eigenvalue weighted by molar-refractivity contribution is -0.174. The molecule has 0 aliphatic carbocycles. The minimum absolute atomic E-state index is 0.0119. The molecule has 0 aromatic heterocycles. The van der Waals surface area contributed by atoms with Gasteiger partial charge in [0.2, 0.25) is 0 Å². The van der Waals surface area contributed by atoms with Crippen molar-refractivity contribution in [1.82, 2.24) is 10.9 Å². The summed E-state index contributed by atoms with van der Waals surface area (Å²) < 4.78 is 63.1. The second kappa shape index (κ2) is 7.81. The number of carbonyl (C=O) groups is 2. The van der Waals surface area contributed by atoms with Crippen LogP contribution in [0.5, 0.6) is 0 Å². The number of nitrogens with one attached hydrogen (secondary N) is 3. The van der Waals surface area contributed by atoms with Gasteiger partial charge in [-0.3, -0.25) is 20.4 Å². The average Bonchev–Trinajstić information content (AvgIpc) is 2.57. The van der Waals surface area contributed by atoms with Crippen LogP contribution in [0.1, 0.15) is 15.9 Å². The Bertz CT molecular complexity index is 824. The van der Waals surface area contributed by atoms with E-state index in [0.29, 0.717) is 5.69 Å². The Labute approximate surface area is 144 Å². The monoisotopic (exact) mass is 373 g/mol. The minimum atomic E-state index is -5.16. The molecule has 0 saturated carbocycles. The van der Waals surface area contributed by atoms with Gasteiger partial charge in [-0.1, -0.05) is 12.1 Å². The number of benzene rings is 2. The van der Waals surface area contributed by atoms with Gasteiger partial charge in [-0.25, -0.2) is 8.78 Å². The third-order valence-electron chi connectivity index (χ3n) is 3.17. The first-order valence-corrected chi connectivity index (χ1v) is 7.12. The number of carbonyl (C=O) groups excluding carboxylic acids is 2. The van der Waals surface area contributed by atoms with E-state index in [1.165, 1.54) is 41.2 Å². The number of hydrazine groups is 1. The van der Waals surface area contributed by atoms with Crippen LogP contribution in [-0.2, 0) is 11.3 Å². The number of amides is 2. The number of halogens is 5. The lowest BCUT2D eigenvalue weighted by atomic mass is 10.1. The number of hydrogen-bond acceptors (Lipinski definition) is 3. The number of rotatable bonds is 4. The molecule has 138 valence electrons. The predicted molar refractivity (Wildman–Crippen MR) is 81.8 cm³/mol. The predicted octanol–water partition coefficient (Wildman–Crippen LogP) is 2.90. The average molecular weight is 373 g/mol. The van der Waals surface area contributed by atoms with Crippen LogP contribution in [0.4, 0.5) is 27.6 Å². The van der Waals surface area contributed by atoms with Gasteiger partial charge in [0.15, 0.2) is 0 Å². The molecular formula is C16H12F5N3O2. The van der Waals surface area contributed by atoms with Crippen molar-refractivity contribution in [3.05, 3.63) is 65.2 Å². The highest BCUT2D eigenvalue weighted by Crippen LogP contribution is 2.15. The largest absolute Gasteiger partial charge is 0.472 e. The SMILES string of the molecule is O=C(NNC(=O)C(F)(F)F)c1ccc(CNc2cccc(F)c2)c(F)c1. The van der Waals surface area contributed by atoms with Gasteiger partial charge in [-0.2, -0.15) is 13.2 Å². The van der Waals surface area contributed by atoms with Crippen molar-refractivity contribution in [2.45, 2.75) is 12.7 Å². The number of alkyl halides is 3. The zero-order chi connectivity index (χ0) is 19.3. The van der Waals surface area contributed by atoms with Crippen molar-refractivity contribution in [1.29, 1.82) is 0 Å². The molecule has 0 aliphatic heterocycles. The summed E-state index contributed by atoms with van der Waals surface area (Å²) in [7, 11) is 0. The molecule has 0 heterocycles. The van der Waals surface area contributed by atoms with Gasteiger partial charge in [-0.05, 0) is 30.3 Å². The summed E-state index contributed by atoms with van der Waals surface area (Å²) in [6.07, 6.45) is -5.16. The zero-order valence-electron chi connectivity index (χ0n) is 13.0. The molecule has 2 amide bonds. The Kier molecular flexibility index (Phi) is 5.75. The standard InChI is InChI=1S/C16H12F5N3O2/c17-11-2-1-3-12(7-11)22-8-10-5-4-9(6-13(10)18)14(25)23-24-15(26)16(19,20)21/h1-7,22H,8H2,(H,23,25)(H,24,26). The van der Waals surface area contributed by atoms with Gasteiger partial charge in [0.05, 0.1) is 0 Å². The molecule has 0 aliphatic rings. The van der Waals surface area contributed by atoms with Crippen LogP contribution in [-0.4, -0.2) is 18.0 Å². The van der Waals surface area contributed by atoms with E-state index in [-0.39, 0.29) is 17.7 Å². The van der Waals surface area contributed by atoms with Crippen LogP contribution in [0, 0.1) is 11.6 Å². The fraction of sp³-hybridized carbons (Fsp3) is 0.125. The van der Waals surface area contributed by atoms with E-state index in [1.807, 2.05) is 0 Å². The Morgan fingerprint density at radius 1 is 0.962 bits per heavy atom.